The molecule has 0 bridgehead atoms. The van der Waals surface area contributed by atoms with Gasteiger partial charge in [0.15, 0.2) is 11.6 Å². The Bertz CT molecular complexity index is 403. The first-order valence-corrected chi connectivity index (χ1v) is 6.42. The molecule has 0 aliphatic heterocycles. The molecule has 0 spiro atoms. The molecule has 3 nitrogen and oxygen atoms in total. The lowest BCUT2D eigenvalue weighted by molar-refractivity contribution is 0.0000208. The molecule has 0 unspecified atom stereocenters. The SMILES string of the molecule is CNCc1cccc(F)c1OCC1(O)CCCC1. The molecule has 100 valence electrons. The van der Waals surface area contributed by atoms with E-state index in [9.17, 15) is 9.50 Å². The summed E-state index contributed by atoms with van der Waals surface area (Å²) in [4.78, 5) is 0. The molecule has 0 saturated heterocycles. The Morgan fingerprint density at radius 1 is 1.39 bits per heavy atom. The summed E-state index contributed by atoms with van der Waals surface area (Å²) < 4.78 is 19.3. The lowest BCUT2D eigenvalue weighted by atomic mass is 10.0. The summed E-state index contributed by atoms with van der Waals surface area (Å²) in [7, 11) is 1.80. The second kappa shape index (κ2) is 5.67. The van der Waals surface area contributed by atoms with Gasteiger partial charge in [-0.1, -0.05) is 25.0 Å². The number of ether oxygens (including phenoxy) is 1. The van der Waals surface area contributed by atoms with Crippen LogP contribution in [0.25, 0.3) is 0 Å². The van der Waals surface area contributed by atoms with E-state index in [0.29, 0.717) is 6.54 Å². The molecule has 2 N–H and O–H groups in total. The van der Waals surface area contributed by atoms with Gasteiger partial charge in [-0.15, -0.1) is 0 Å². The molecule has 1 fully saturated rings. The lowest BCUT2D eigenvalue weighted by Gasteiger charge is -2.23. The molecule has 2 rings (SSSR count). The van der Waals surface area contributed by atoms with E-state index in [-0.39, 0.29) is 18.2 Å². The second-order valence-corrected chi connectivity index (χ2v) is 4.98. The van der Waals surface area contributed by atoms with Crippen LogP contribution in [0.2, 0.25) is 0 Å². The maximum absolute atomic E-state index is 13.7. The van der Waals surface area contributed by atoms with Crippen LogP contribution in [0.4, 0.5) is 4.39 Å². The van der Waals surface area contributed by atoms with Crippen LogP contribution in [0.3, 0.4) is 0 Å². The van der Waals surface area contributed by atoms with Gasteiger partial charge in [0.1, 0.15) is 6.61 Å². The van der Waals surface area contributed by atoms with Crippen molar-refractivity contribution in [1.29, 1.82) is 0 Å². The Morgan fingerprint density at radius 2 is 2.11 bits per heavy atom. The van der Waals surface area contributed by atoms with Crippen LogP contribution in [0.1, 0.15) is 31.2 Å². The predicted octanol–water partition coefficient (Wildman–Crippen LogP) is 2.23. The molecule has 1 aromatic rings. The highest BCUT2D eigenvalue weighted by atomic mass is 19.1. The van der Waals surface area contributed by atoms with E-state index in [1.54, 1.807) is 13.1 Å². The van der Waals surface area contributed by atoms with Gasteiger partial charge in [0.05, 0.1) is 5.60 Å². The third-order valence-corrected chi connectivity index (χ3v) is 3.44. The van der Waals surface area contributed by atoms with Crippen molar-refractivity contribution in [2.24, 2.45) is 0 Å². The van der Waals surface area contributed by atoms with Crippen molar-refractivity contribution in [2.75, 3.05) is 13.7 Å². The smallest absolute Gasteiger partial charge is 0.165 e. The van der Waals surface area contributed by atoms with Crippen molar-refractivity contribution in [3.63, 3.8) is 0 Å². The number of rotatable bonds is 5. The number of hydrogen-bond acceptors (Lipinski definition) is 3. The number of hydrogen-bond donors (Lipinski definition) is 2. The van der Waals surface area contributed by atoms with Gasteiger partial charge in [0.2, 0.25) is 0 Å². The van der Waals surface area contributed by atoms with E-state index in [2.05, 4.69) is 5.32 Å². The maximum Gasteiger partial charge on any atom is 0.165 e. The van der Waals surface area contributed by atoms with Crippen LogP contribution in [0, 0.1) is 5.82 Å². The minimum Gasteiger partial charge on any atom is -0.487 e. The van der Waals surface area contributed by atoms with Gasteiger partial charge in [-0.3, -0.25) is 0 Å². The van der Waals surface area contributed by atoms with Crippen molar-refractivity contribution < 1.29 is 14.2 Å². The zero-order valence-electron chi connectivity index (χ0n) is 10.7. The first-order chi connectivity index (χ1) is 8.64. The van der Waals surface area contributed by atoms with Gasteiger partial charge >= 0.3 is 0 Å². The minimum atomic E-state index is -0.779. The number of nitrogens with one attached hydrogen (secondary N) is 1. The van der Waals surface area contributed by atoms with Crippen molar-refractivity contribution in [3.8, 4) is 5.75 Å². The first kappa shape index (κ1) is 13.3. The third kappa shape index (κ3) is 3.00. The van der Waals surface area contributed by atoms with Gasteiger partial charge in [-0.05, 0) is 26.0 Å². The van der Waals surface area contributed by atoms with Gasteiger partial charge in [0, 0.05) is 12.1 Å². The highest BCUT2D eigenvalue weighted by molar-refractivity contribution is 5.35. The molecule has 0 aromatic heterocycles. The summed E-state index contributed by atoms with van der Waals surface area (Å²) in [6.45, 7) is 0.718. The molecule has 0 atom stereocenters. The molecule has 1 aliphatic rings. The quantitative estimate of drug-likeness (QED) is 0.845. The molecule has 1 saturated carbocycles. The Balaban J connectivity index is 2.08. The van der Waals surface area contributed by atoms with E-state index < -0.39 is 5.60 Å². The summed E-state index contributed by atoms with van der Waals surface area (Å²) in [6, 6.07) is 4.87. The highest BCUT2D eigenvalue weighted by Gasteiger charge is 2.32. The molecule has 0 radical (unpaired) electrons. The standard InChI is InChI=1S/C14H20FNO2/c1-16-9-11-5-4-6-12(15)13(11)18-10-14(17)7-2-3-8-14/h4-6,16-17H,2-3,7-10H2,1H3. The fourth-order valence-corrected chi connectivity index (χ4v) is 2.43. The van der Waals surface area contributed by atoms with Crippen molar-refractivity contribution in [1.82, 2.24) is 5.32 Å². The zero-order chi connectivity index (χ0) is 13.0. The lowest BCUT2D eigenvalue weighted by Crippen LogP contribution is -2.32. The molecular formula is C14H20FNO2. The summed E-state index contributed by atoms with van der Waals surface area (Å²) in [5, 5.41) is 13.2. The van der Waals surface area contributed by atoms with E-state index in [0.717, 1.165) is 31.2 Å². The minimum absolute atomic E-state index is 0.171. The summed E-state index contributed by atoms with van der Waals surface area (Å²) in [6.07, 6.45) is 3.51. The molecule has 0 heterocycles. The van der Waals surface area contributed by atoms with E-state index in [1.165, 1.54) is 6.07 Å². The van der Waals surface area contributed by atoms with Crippen LogP contribution in [0.15, 0.2) is 18.2 Å². The van der Waals surface area contributed by atoms with Crippen LogP contribution in [-0.2, 0) is 6.54 Å². The van der Waals surface area contributed by atoms with E-state index in [4.69, 9.17) is 4.74 Å². The maximum atomic E-state index is 13.7. The number of para-hydroxylation sites is 1. The summed E-state index contributed by atoms with van der Waals surface area (Å²) in [5.74, 6) is -0.114. The van der Waals surface area contributed by atoms with E-state index >= 15 is 0 Å². The fraction of sp³-hybridized carbons (Fsp3) is 0.571. The Kier molecular flexibility index (Phi) is 4.19. The monoisotopic (exact) mass is 253 g/mol. The molecular weight excluding hydrogens is 233 g/mol. The van der Waals surface area contributed by atoms with Crippen molar-refractivity contribution >= 4 is 0 Å². The van der Waals surface area contributed by atoms with Crippen LogP contribution >= 0.6 is 0 Å². The average molecular weight is 253 g/mol. The fourth-order valence-electron chi connectivity index (χ4n) is 2.43. The largest absolute Gasteiger partial charge is 0.487 e. The van der Waals surface area contributed by atoms with Crippen LogP contribution in [-0.4, -0.2) is 24.4 Å². The van der Waals surface area contributed by atoms with Crippen molar-refractivity contribution in [3.05, 3.63) is 29.6 Å². The Morgan fingerprint density at radius 3 is 2.78 bits per heavy atom. The number of aliphatic hydroxyl groups is 1. The van der Waals surface area contributed by atoms with Gasteiger partial charge < -0.3 is 15.2 Å². The summed E-state index contributed by atoms with van der Waals surface area (Å²) in [5.41, 5.74) is -0.00164. The third-order valence-electron chi connectivity index (χ3n) is 3.44. The number of benzene rings is 1. The van der Waals surface area contributed by atoms with Crippen LogP contribution in [0.5, 0.6) is 5.75 Å². The normalized spacial score (nSPS) is 17.9. The second-order valence-electron chi connectivity index (χ2n) is 4.98. The van der Waals surface area contributed by atoms with Gasteiger partial charge in [-0.2, -0.15) is 0 Å². The van der Waals surface area contributed by atoms with Gasteiger partial charge in [0.25, 0.3) is 0 Å². The molecule has 1 aliphatic carbocycles. The molecule has 18 heavy (non-hydrogen) atoms. The average Bonchev–Trinajstić information content (AvgIpc) is 2.76. The zero-order valence-corrected chi connectivity index (χ0v) is 10.7. The number of halogens is 1. The predicted molar refractivity (Wildman–Crippen MR) is 68.1 cm³/mol. The molecule has 0 amide bonds. The Hall–Kier alpha value is -1.13. The van der Waals surface area contributed by atoms with Crippen molar-refractivity contribution in [2.45, 2.75) is 37.8 Å². The Labute approximate surface area is 107 Å². The first-order valence-electron chi connectivity index (χ1n) is 6.42. The van der Waals surface area contributed by atoms with E-state index in [1.807, 2.05) is 6.07 Å². The summed E-state index contributed by atoms with van der Waals surface area (Å²) >= 11 is 0. The van der Waals surface area contributed by atoms with Crippen LogP contribution < -0.4 is 10.1 Å². The molecule has 4 heteroatoms. The topological polar surface area (TPSA) is 41.5 Å². The molecule has 1 aromatic carbocycles. The highest BCUT2D eigenvalue weighted by Crippen LogP contribution is 2.31. The van der Waals surface area contributed by atoms with Gasteiger partial charge in [-0.25, -0.2) is 4.39 Å².